The molecule has 2 rings (SSSR count). The van der Waals surface area contributed by atoms with Crippen LogP contribution in [0.25, 0.3) is 0 Å². The molecule has 0 bridgehead atoms. The maximum Gasteiger partial charge on any atom is 0.229 e. The highest BCUT2D eigenvalue weighted by Crippen LogP contribution is 2.11. The predicted molar refractivity (Wildman–Crippen MR) is 62.9 cm³/mol. The van der Waals surface area contributed by atoms with Gasteiger partial charge in [-0.25, -0.2) is 8.78 Å². The van der Waals surface area contributed by atoms with Crippen molar-refractivity contribution < 1.29 is 8.78 Å². The van der Waals surface area contributed by atoms with Gasteiger partial charge in [0.05, 0.1) is 0 Å². The number of halogens is 3. The van der Waals surface area contributed by atoms with E-state index >= 15 is 0 Å². The number of rotatable bonds is 3. The van der Waals surface area contributed by atoms with Crippen LogP contribution in [-0.4, -0.2) is 15.0 Å². The van der Waals surface area contributed by atoms with E-state index in [9.17, 15) is 8.78 Å². The van der Waals surface area contributed by atoms with Crippen LogP contribution in [0.4, 0.5) is 20.7 Å². The Morgan fingerprint density at radius 3 is 2.61 bits per heavy atom. The van der Waals surface area contributed by atoms with E-state index in [0.717, 1.165) is 12.1 Å². The quantitative estimate of drug-likeness (QED) is 0.893. The summed E-state index contributed by atoms with van der Waals surface area (Å²) < 4.78 is 25.7. The topological polar surface area (TPSA) is 76.7 Å². The Hall–Kier alpha value is -2.02. The SMILES string of the molecule is Nc1nc(Cl)nc(NCc2ccc(F)c(F)c2)n1. The first-order valence-electron chi connectivity index (χ1n) is 4.89. The van der Waals surface area contributed by atoms with Crippen molar-refractivity contribution in [3.63, 3.8) is 0 Å². The average Bonchev–Trinajstić information content (AvgIpc) is 2.29. The molecule has 5 nitrogen and oxygen atoms in total. The molecular formula is C10H8ClF2N5. The van der Waals surface area contributed by atoms with E-state index in [1.54, 1.807) is 0 Å². The average molecular weight is 272 g/mol. The molecule has 2 aromatic rings. The molecule has 0 radical (unpaired) electrons. The second-order valence-corrected chi connectivity index (χ2v) is 3.73. The van der Waals surface area contributed by atoms with Crippen LogP contribution in [0.1, 0.15) is 5.56 Å². The largest absolute Gasteiger partial charge is 0.368 e. The van der Waals surface area contributed by atoms with Crippen molar-refractivity contribution >= 4 is 23.5 Å². The van der Waals surface area contributed by atoms with Crippen LogP contribution < -0.4 is 11.1 Å². The number of benzene rings is 1. The second-order valence-electron chi connectivity index (χ2n) is 3.39. The first-order valence-corrected chi connectivity index (χ1v) is 5.27. The van der Waals surface area contributed by atoms with E-state index in [-0.39, 0.29) is 23.7 Å². The van der Waals surface area contributed by atoms with Crippen LogP contribution in [0, 0.1) is 11.6 Å². The highest BCUT2D eigenvalue weighted by Gasteiger charge is 2.05. The zero-order valence-corrected chi connectivity index (χ0v) is 9.75. The molecule has 0 aliphatic heterocycles. The molecule has 0 aliphatic rings. The minimum absolute atomic E-state index is 0.0252. The van der Waals surface area contributed by atoms with Gasteiger partial charge in [0.15, 0.2) is 11.6 Å². The molecule has 8 heteroatoms. The van der Waals surface area contributed by atoms with Crippen LogP contribution >= 0.6 is 11.6 Å². The van der Waals surface area contributed by atoms with Gasteiger partial charge >= 0.3 is 0 Å². The van der Waals surface area contributed by atoms with Crippen LogP contribution in [-0.2, 0) is 6.54 Å². The lowest BCUT2D eigenvalue weighted by molar-refractivity contribution is 0.507. The summed E-state index contributed by atoms with van der Waals surface area (Å²) in [5.41, 5.74) is 5.91. The van der Waals surface area contributed by atoms with Crippen LogP contribution in [0.3, 0.4) is 0 Å². The predicted octanol–water partition coefficient (Wildman–Crippen LogP) is 2.00. The van der Waals surface area contributed by atoms with Gasteiger partial charge in [0.25, 0.3) is 0 Å². The van der Waals surface area contributed by atoms with Crippen molar-refractivity contribution in [2.45, 2.75) is 6.54 Å². The smallest absolute Gasteiger partial charge is 0.229 e. The van der Waals surface area contributed by atoms with Gasteiger partial charge in [0, 0.05) is 6.54 Å². The number of anilines is 2. The Kier molecular flexibility index (Phi) is 3.52. The third-order valence-corrected chi connectivity index (χ3v) is 2.23. The number of nitrogens with one attached hydrogen (secondary N) is 1. The zero-order valence-electron chi connectivity index (χ0n) is 8.99. The van der Waals surface area contributed by atoms with E-state index in [1.165, 1.54) is 6.07 Å². The first kappa shape index (κ1) is 12.4. The van der Waals surface area contributed by atoms with Crippen molar-refractivity contribution in [1.82, 2.24) is 15.0 Å². The fourth-order valence-electron chi connectivity index (χ4n) is 1.28. The van der Waals surface area contributed by atoms with E-state index in [1.807, 2.05) is 0 Å². The normalized spacial score (nSPS) is 10.4. The first-order chi connectivity index (χ1) is 8.54. The minimum Gasteiger partial charge on any atom is -0.368 e. The molecule has 0 aliphatic carbocycles. The summed E-state index contributed by atoms with van der Waals surface area (Å²) in [5.74, 6) is -1.67. The van der Waals surface area contributed by atoms with Gasteiger partial charge in [0.2, 0.25) is 17.2 Å². The second kappa shape index (κ2) is 5.09. The molecule has 0 unspecified atom stereocenters. The van der Waals surface area contributed by atoms with Crippen LogP contribution in [0.5, 0.6) is 0 Å². The van der Waals surface area contributed by atoms with Gasteiger partial charge in [-0.15, -0.1) is 0 Å². The Labute approximate surface area is 106 Å². The Balaban J connectivity index is 2.08. The monoisotopic (exact) mass is 271 g/mol. The molecule has 0 amide bonds. The van der Waals surface area contributed by atoms with Gasteiger partial charge in [0.1, 0.15) is 0 Å². The molecule has 1 aromatic carbocycles. The molecule has 3 N–H and O–H groups in total. The van der Waals surface area contributed by atoms with Crippen LogP contribution in [0.2, 0.25) is 5.28 Å². The molecule has 1 aromatic heterocycles. The zero-order chi connectivity index (χ0) is 13.1. The lowest BCUT2D eigenvalue weighted by Gasteiger charge is -2.05. The Morgan fingerprint density at radius 2 is 1.94 bits per heavy atom. The summed E-state index contributed by atoms with van der Waals surface area (Å²) in [6.07, 6.45) is 0. The van der Waals surface area contributed by atoms with Gasteiger partial charge in [-0.1, -0.05) is 6.07 Å². The highest BCUT2D eigenvalue weighted by atomic mass is 35.5. The Bertz CT molecular complexity index is 558. The summed E-state index contributed by atoms with van der Waals surface area (Å²) in [5, 5.41) is 2.73. The molecule has 0 saturated carbocycles. The maximum atomic E-state index is 12.9. The van der Waals surface area contributed by atoms with Gasteiger partial charge < -0.3 is 11.1 Å². The molecule has 0 fully saturated rings. The van der Waals surface area contributed by atoms with E-state index in [0.29, 0.717) is 5.56 Å². The summed E-state index contributed by atoms with van der Waals surface area (Å²) in [7, 11) is 0. The third-order valence-electron chi connectivity index (χ3n) is 2.06. The molecule has 0 saturated heterocycles. The summed E-state index contributed by atoms with van der Waals surface area (Å²) in [6.45, 7) is 0.205. The third kappa shape index (κ3) is 3.01. The fraction of sp³-hybridized carbons (Fsp3) is 0.100. The van der Waals surface area contributed by atoms with Crippen molar-refractivity contribution in [2.24, 2.45) is 0 Å². The summed E-state index contributed by atoms with van der Waals surface area (Å²) >= 11 is 5.59. The summed E-state index contributed by atoms with van der Waals surface area (Å²) in [6, 6.07) is 3.56. The van der Waals surface area contributed by atoms with E-state index in [4.69, 9.17) is 17.3 Å². The van der Waals surface area contributed by atoms with Gasteiger partial charge in [-0.3, -0.25) is 0 Å². The van der Waals surface area contributed by atoms with E-state index in [2.05, 4.69) is 20.3 Å². The minimum atomic E-state index is -0.914. The maximum absolute atomic E-state index is 12.9. The van der Waals surface area contributed by atoms with Crippen molar-refractivity contribution in [3.8, 4) is 0 Å². The standard InChI is InChI=1S/C10H8ClF2N5/c11-8-16-9(14)18-10(17-8)15-4-5-1-2-6(12)7(13)3-5/h1-3H,4H2,(H3,14,15,16,17,18). The van der Waals surface area contributed by atoms with Crippen LogP contribution in [0.15, 0.2) is 18.2 Å². The van der Waals surface area contributed by atoms with E-state index < -0.39 is 11.6 Å². The molecular weight excluding hydrogens is 264 g/mol. The summed E-state index contributed by atoms with van der Waals surface area (Å²) in [4.78, 5) is 11.1. The molecule has 1 heterocycles. The molecule has 0 spiro atoms. The van der Waals surface area contributed by atoms with Crippen molar-refractivity contribution in [3.05, 3.63) is 40.7 Å². The molecule has 94 valence electrons. The number of nitrogens with two attached hydrogens (primary N) is 1. The number of nitrogens with zero attached hydrogens (tertiary/aromatic N) is 3. The fourth-order valence-corrected chi connectivity index (χ4v) is 1.44. The lowest BCUT2D eigenvalue weighted by atomic mass is 10.2. The highest BCUT2D eigenvalue weighted by molar-refractivity contribution is 6.28. The number of hydrogen-bond acceptors (Lipinski definition) is 5. The molecule has 0 atom stereocenters. The Morgan fingerprint density at radius 1 is 1.17 bits per heavy atom. The number of nitrogen functional groups attached to an aromatic ring is 1. The van der Waals surface area contributed by atoms with Crippen molar-refractivity contribution in [2.75, 3.05) is 11.1 Å². The number of hydrogen-bond donors (Lipinski definition) is 2. The van der Waals surface area contributed by atoms with Crippen molar-refractivity contribution in [1.29, 1.82) is 0 Å². The van der Waals surface area contributed by atoms with Gasteiger partial charge in [-0.2, -0.15) is 15.0 Å². The molecule has 18 heavy (non-hydrogen) atoms. The number of aromatic nitrogens is 3. The lowest BCUT2D eigenvalue weighted by Crippen LogP contribution is -2.07. The van der Waals surface area contributed by atoms with Gasteiger partial charge in [-0.05, 0) is 29.3 Å².